The summed E-state index contributed by atoms with van der Waals surface area (Å²) in [6.45, 7) is 10.9. The summed E-state index contributed by atoms with van der Waals surface area (Å²) in [6.07, 6.45) is 3.41. The number of unbranched alkanes of at least 4 members (excludes halogenated alkanes) is 1. The van der Waals surface area contributed by atoms with E-state index in [1.807, 2.05) is 19.9 Å². The molecule has 0 amide bonds. The molecule has 23 heavy (non-hydrogen) atoms. The Morgan fingerprint density at radius 3 is 2.52 bits per heavy atom. The van der Waals surface area contributed by atoms with Crippen LogP contribution in [-0.4, -0.2) is 50.8 Å². The third-order valence-electron chi connectivity index (χ3n) is 4.06. The molecule has 4 nitrogen and oxygen atoms in total. The van der Waals surface area contributed by atoms with Gasteiger partial charge in [-0.1, -0.05) is 11.6 Å². The first-order valence-corrected chi connectivity index (χ1v) is 9.13. The van der Waals surface area contributed by atoms with Crippen molar-refractivity contribution in [2.75, 3.05) is 45.9 Å². The minimum atomic E-state index is 0.587. The van der Waals surface area contributed by atoms with Crippen LogP contribution in [0.4, 0.5) is 0 Å². The highest BCUT2D eigenvalue weighted by Gasteiger charge is 2.13. The second kappa shape index (κ2) is 10.0. The highest BCUT2D eigenvalue weighted by Crippen LogP contribution is 2.37. The molecule has 0 aromatic heterocycles. The maximum atomic E-state index is 6.36. The average molecular weight is 341 g/mol. The fraction of sp³-hybridized carbons (Fsp3) is 0.667. The molecule has 1 fully saturated rings. The standard InChI is InChI=1S/C18H29ClN2O2/c1-3-22-17-14-15(13-16(19)18(17)23-4-2)7-5-6-10-21-11-8-20-9-12-21/h13-14,20H,3-12H2,1-2H3. The number of aryl methyl sites for hydroxylation is 1. The topological polar surface area (TPSA) is 33.7 Å². The van der Waals surface area contributed by atoms with Gasteiger partial charge in [0.05, 0.1) is 18.2 Å². The van der Waals surface area contributed by atoms with E-state index >= 15 is 0 Å². The Hall–Kier alpha value is -0.970. The van der Waals surface area contributed by atoms with Crippen molar-refractivity contribution in [1.82, 2.24) is 10.2 Å². The van der Waals surface area contributed by atoms with Gasteiger partial charge in [-0.2, -0.15) is 0 Å². The third-order valence-corrected chi connectivity index (χ3v) is 4.34. The van der Waals surface area contributed by atoms with Crippen molar-refractivity contribution < 1.29 is 9.47 Å². The van der Waals surface area contributed by atoms with E-state index in [2.05, 4.69) is 16.3 Å². The van der Waals surface area contributed by atoms with E-state index in [0.717, 1.165) is 25.3 Å². The maximum absolute atomic E-state index is 6.36. The van der Waals surface area contributed by atoms with Gasteiger partial charge >= 0.3 is 0 Å². The van der Waals surface area contributed by atoms with Crippen molar-refractivity contribution in [2.45, 2.75) is 33.1 Å². The van der Waals surface area contributed by atoms with Gasteiger partial charge in [0.1, 0.15) is 0 Å². The second-order valence-electron chi connectivity index (χ2n) is 5.82. The van der Waals surface area contributed by atoms with Gasteiger partial charge in [0, 0.05) is 26.2 Å². The number of hydrogen-bond donors (Lipinski definition) is 1. The van der Waals surface area contributed by atoms with Gasteiger partial charge < -0.3 is 19.7 Å². The Balaban J connectivity index is 1.86. The zero-order valence-corrected chi connectivity index (χ0v) is 15.1. The van der Waals surface area contributed by atoms with Crippen LogP contribution >= 0.6 is 11.6 Å². The van der Waals surface area contributed by atoms with Crippen LogP contribution in [0.2, 0.25) is 5.02 Å². The molecule has 1 aliphatic heterocycles. The van der Waals surface area contributed by atoms with Gasteiger partial charge in [0.15, 0.2) is 11.5 Å². The van der Waals surface area contributed by atoms with E-state index in [0.29, 0.717) is 24.0 Å². The van der Waals surface area contributed by atoms with Gasteiger partial charge in [-0.15, -0.1) is 0 Å². The number of halogens is 1. The van der Waals surface area contributed by atoms with E-state index in [1.165, 1.54) is 38.0 Å². The van der Waals surface area contributed by atoms with Gasteiger partial charge in [0.2, 0.25) is 0 Å². The summed E-state index contributed by atoms with van der Waals surface area (Å²) in [5.41, 5.74) is 1.22. The molecule has 0 saturated carbocycles. The number of piperazine rings is 1. The third kappa shape index (κ3) is 5.87. The van der Waals surface area contributed by atoms with Gasteiger partial charge in [0.25, 0.3) is 0 Å². The lowest BCUT2D eigenvalue weighted by molar-refractivity contribution is 0.237. The molecule has 0 aliphatic carbocycles. The van der Waals surface area contributed by atoms with Crippen molar-refractivity contribution in [2.24, 2.45) is 0 Å². The predicted molar refractivity (Wildman–Crippen MR) is 96.0 cm³/mol. The van der Waals surface area contributed by atoms with Crippen LogP contribution in [0.15, 0.2) is 12.1 Å². The molecule has 1 heterocycles. The number of nitrogens with zero attached hydrogens (tertiary/aromatic N) is 1. The first-order chi connectivity index (χ1) is 11.2. The lowest BCUT2D eigenvalue weighted by Crippen LogP contribution is -2.43. The van der Waals surface area contributed by atoms with Crippen molar-refractivity contribution in [1.29, 1.82) is 0 Å². The molecule has 1 aromatic rings. The molecule has 2 rings (SSSR count). The summed E-state index contributed by atoms with van der Waals surface area (Å²) in [6, 6.07) is 4.09. The summed E-state index contributed by atoms with van der Waals surface area (Å²) in [4.78, 5) is 2.54. The Bertz CT molecular complexity index is 476. The first-order valence-electron chi connectivity index (χ1n) is 8.75. The fourth-order valence-electron chi connectivity index (χ4n) is 2.91. The monoisotopic (exact) mass is 340 g/mol. The minimum absolute atomic E-state index is 0.587. The molecule has 0 unspecified atom stereocenters. The highest BCUT2D eigenvalue weighted by molar-refractivity contribution is 6.32. The van der Waals surface area contributed by atoms with Crippen LogP contribution in [0, 0.1) is 0 Å². The maximum Gasteiger partial charge on any atom is 0.179 e. The van der Waals surface area contributed by atoms with Gasteiger partial charge in [-0.3, -0.25) is 0 Å². The molecule has 0 radical (unpaired) electrons. The molecule has 5 heteroatoms. The van der Waals surface area contributed by atoms with E-state index in [1.54, 1.807) is 0 Å². The molecule has 0 atom stereocenters. The molecular formula is C18H29ClN2O2. The number of nitrogens with one attached hydrogen (secondary N) is 1. The first kappa shape index (κ1) is 18.4. The van der Waals surface area contributed by atoms with Crippen LogP contribution < -0.4 is 14.8 Å². The van der Waals surface area contributed by atoms with E-state index in [-0.39, 0.29) is 0 Å². The molecule has 1 aromatic carbocycles. The van der Waals surface area contributed by atoms with Crippen LogP contribution in [0.1, 0.15) is 32.3 Å². The number of benzene rings is 1. The smallest absolute Gasteiger partial charge is 0.179 e. The van der Waals surface area contributed by atoms with Gasteiger partial charge in [-0.05, 0) is 57.4 Å². The van der Waals surface area contributed by atoms with Gasteiger partial charge in [-0.25, -0.2) is 0 Å². The van der Waals surface area contributed by atoms with Crippen molar-refractivity contribution in [3.05, 3.63) is 22.7 Å². The lowest BCUT2D eigenvalue weighted by Gasteiger charge is -2.27. The van der Waals surface area contributed by atoms with Crippen LogP contribution in [0.3, 0.4) is 0 Å². The number of ether oxygens (including phenoxy) is 2. The minimum Gasteiger partial charge on any atom is -0.490 e. The van der Waals surface area contributed by atoms with Crippen molar-refractivity contribution >= 4 is 11.6 Å². The van der Waals surface area contributed by atoms with Crippen LogP contribution in [0.5, 0.6) is 11.5 Å². The second-order valence-corrected chi connectivity index (χ2v) is 6.23. The van der Waals surface area contributed by atoms with E-state index < -0.39 is 0 Å². The molecule has 1 saturated heterocycles. The molecule has 130 valence electrons. The largest absolute Gasteiger partial charge is 0.490 e. The normalized spacial score (nSPS) is 15.6. The zero-order chi connectivity index (χ0) is 16.5. The molecule has 0 spiro atoms. The van der Waals surface area contributed by atoms with Crippen molar-refractivity contribution in [3.8, 4) is 11.5 Å². The van der Waals surface area contributed by atoms with Crippen LogP contribution in [0.25, 0.3) is 0 Å². The molecule has 0 bridgehead atoms. The number of rotatable bonds is 9. The SMILES string of the molecule is CCOc1cc(CCCCN2CCNCC2)cc(Cl)c1OCC. The van der Waals surface area contributed by atoms with Crippen LogP contribution in [-0.2, 0) is 6.42 Å². The Labute approximate surface area is 145 Å². The fourth-order valence-corrected chi connectivity index (χ4v) is 3.20. The average Bonchev–Trinajstić information content (AvgIpc) is 2.56. The lowest BCUT2D eigenvalue weighted by atomic mass is 10.1. The predicted octanol–water partition coefficient (Wildman–Crippen LogP) is 3.37. The Morgan fingerprint density at radius 2 is 1.83 bits per heavy atom. The highest BCUT2D eigenvalue weighted by atomic mass is 35.5. The quantitative estimate of drug-likeness (QED) is 0.699. The van der Waals surface area contributed by atoms with E-state index in [9.17, 15) is 0 Å². The summed E-state index contributed by atoms with van der Waals surface area (Å²) in [5.74, 6) is 1.43. The molecule has 1 aliphatic rings. The van der Waals surface area contributed by atoms with E-state index in [4.69, 9.17) is 21.1 Å². The summed E-state index contributed by atoms with van der Waals surface area (Å²) >= 11 is 6.36. The van der Waals surface area contributed by atoms with Crippen molar-refractivity contribution in [3.63, 3.8) is 0 Å². The molecule has 1 N–H and O–H groups in total. The summed E-state index contributed by atoms with van der Waals surface area (Å²) in [7, 11) is 0. The Morgan fingerprint density at radius 1 is 1.09 bits per heavy atom. The summed E-state index contributed by atoms with van der Waals surface area (Å²) < 4.78 is 11.3. The molecular weight excluding hydrogens is 312 g/mol. The number of hydrogen-bond acceptors (Lipinski definition) is 4. The zero-order valence-electron chi connectivity index (χ0n) is 14.4. The Kier molecular flexibility index (Phi) is 8.00. The summed E-state index contributed by atoms with van der Waals surface area (Å²) in [5, 5.41) is 4.04.